The number of quaternary nitrogens is 1. The number of carbonyl (C=O) groups excluding carboxylic acids is 1. The molecule has 1 amide bonds. The first-order valence-corrected chi connectivity index (χ1v) is 13.8. The van der Waals surface area contributed by atoms with Crippen LogP contribution in [0.4, 0.5) is 0 Å². The van der Waals surface area contributed by atoms with E-state index >= 15 is 0 Å². The highest BCUT2D eigenvalue weighted by molar-refractivity contribution is 6.47. The second-order valence-corrected chi connectivity index (χ2v) is 12.2. The molecule has 1 aliphatic heterocycles. The first kappa shape index (κ1) is 28.4. The SMILES string of the molecule is CC1(C)[C@H]2C[C@@H]3OB(C(CNC(=O)[C@@H]([NH3+])CCCCN)Cc4ccc5ccccc5c4)O[C@]3(C)[C@@H]1C2.[Cl-]. The van der Waals surface area contributed by atoms with Crippen molar-refractivity contribution in [2.45, 2.75) is 82.9 Å². The number of nitrogens with one attached hydrogen (secondary N) is 1. The Labute approximate surface area is 228 Å². The summed E-state index contributed by atoms with van der Waals surface area (Å²) in [6.07, 6.45) is 5.81. The van der Waals surface area contributed by atoms with E-state index in [0.717, 1.165) is 32.1 Å². The number of halogens is 1. The normalized spacial score (nSPS) is 29.1. The highest BCUT2D eigenvalue weighted by atomic mass is 35.5. The largest absolute Gasteiger partial charge is 1.00 e. The van der Waals surface area contributed by atoms with Crippen LogP contribution < -0.4 is 29.2 Å². The zero-order valence-electron chi connectivity index (χ0n) is 22.5. The summed E-state index contributed by atoms with van der Waals surface area (Å²) in [5.41, 5.74) is 11.0. The Morgan fingerprint density at radius 3 is 2.65 bits per heavy atom. The quantitative estimate of drug-likeness (QED) is 0.306. The van der Waals surface area contributed by atoms with E-state index in [9.17, 15) is 4.79 Å². The van der Waals surface area contributed by atoms with Gasteiger partial charge in [0, 0.05) is 18.8 Å². The Kier molecular flexibility index (Phi) is 8.61. The van der Waals surface area contributed by atoms with Crippen molar-refractivity contribution < 1.29 is 32.2 Å². The van der Waals surface area contributed by atoms with Gasteiger partial charge in [-0.2, -0.15) is 0 Å². The van der Waals surface area contributed by atoms with Gasteiger partial charge in [-0.15, -0.1) is 0 Å². The summed E-state index contributed by atoms with van der Waals surface area (Å²) < 4.78 is 13.5. The number of rotatable bonds is 10. The summed E-state index contributed by atoms with van der Waals surface area (Å²) in [6.45, 7) is 8.19. The smallest absolute Gasteiger partial charge is 0.463 e. The van der Waals surface area contributed by atoms with Gasteiger partial charge in [0.05, 0.1) is 11.7 Å². The van der Waals surface area contributed by atoms with Crippen molar-refractivity contribution >= 4 is 23.8 Å². The number of fused-ring (bicyclic) bond motifs is 1. The lowest BCUT2D eigenvalue weighted by Gasteiger charge is -2.64. The van der Waals surface area contributed by atoms with Gasteiger partial charge in [0.1, 0.15) is 0 Å². The summed E-state index contributed by atoms with van der Waals surface area (Å²) in [7, 11) is -0.331. The maximum Gasteiger partial charge on any atom is 0.463 e. The van der Waals surface area contributed by atoms with E-state index < -0.39 is 0 Å². The number of carbonyl (C=O) groups is 1. The maximum absolute atomic E-state index is 12.9. The zero-order valence-corrected chi connectivity index (χ0v) is 23.3. The van der Waals surface area contributed by atoms with Crippen molar-refractivity contribution in [3.05, 3.63) is 48.0 Å². The van der Waals surface area contributed by atoms with Crippen molar-refractivity contribution in [3.63, 3.8) is 0 Å². The average molecular weight is 528 g/mol. The molecule has 6 nitrogen and oxygen atoms in total. The molecule has 0 radical (unpaired) electrons. The van der Waals surface area contributed by atoms with Crippen LogP contribution in [-0.2, 0) is 20.5 Å². The van der Waals surface area contributed by atoms with Crippen LogP contribution in [0.1, 0.15) is 58.4 Å². The standard InChI is InChI=1S/C29H42BN3O3.ClH/c1-28(2)22-16-25(28)29(3)26(17-22)35-30(36-29)23(18-33-27(34)24(32)10-6-7-13-31)15-19-11-12-20-8-4-5-9-21(20)14-19;/h4-5,8-9,11-12,14,22-26H,6-7,10,13,15-18,31-32H2,1-3H3,(H,33,34);1H/t22-,23?,24+,25-,26+,29-;/m1./s1. The van der Waals surface area contributed by atoms with Crippen molar-refractivity contribution in [2.24, 2.45) is 23.0 Å². The van der Waals surface area contributed by atoms with Gasteiger partial charge in [0.25, 0.3) is 5.91 Å². The second-order valence-electron chi connectivity index (χ2n) is 12.2. The summed E-state index contributed by atoms with van der Waals surface area (Å²) in [5.74, 6) is 1.25. The second kappa shape index (κ2) is 11.2. The average Bonchev–Trinajstić information content (AvgIpc) is 3.23. The van der Waals surface area contributed by atoms with Gasteiger partial charge in [0.15, 0.2) is 6.04 Å². The predicted octanol–water partition coefficient (Wildman–Crippen LogP) is 0.341. The van der Waals surface area contributed by atoms with Crippen LogP contribution in [-0.4, -0.2) is 43.9 Å². The molecule has 1 saturated heterocycles. The van der Waals surface area contributed by atoms with E-state index in [1.54, 1.807) is 0 Å². The number of hydrogen-bond donors (Lipinski definition) is 3. The van der Waals surface area contributed by atoms with Gasteiger partial charge in [-0.3, -0.25) is 4.79 Å². The molecule has 2 aromatic carbocycles. The lowest BCUT2D eigenvalue weighted by molar-refractivity contribution is -0.405. The molecule has 37 heavy (non-hydrogen) atoms. The van der Waals surface area contributed by atoms with Gasteiger partial charge < -0.3 is 38.5 Å². The van der Waals surface area contributed by atoms with E-state index in [0.29, 0.717) is 30.3 Å². The number of hydrogen-bond acceptors (Lipinski definition) is 4. The molecule has 2 aromatic rings. The minimum absolute atomic E-state index is 0. The topological polar surface area (TPSA) is 101 Å². The van der Waals surface area contributed by atoms with Crippen LogP contribution >= 0.6 is 0 Å². The number of amides is 1. The van der Waals surface area contributed by atoms with Gasteiger partial charge in [-0.05, 0) is 79.2 Å². The number of unbranched alkanes of at least 4 members (excludes halogenated alkanes) is 1. The lowest BCUT2D eigenvalue weighted by Crippen LogP contribution is -3.00. The molecular formula is C29H43BClN3O3. The van der Waals surface area contributed by atoms with Crippen molar-refractivity contribution in [2.75, 3.05) is 13.1 Å². The van der Waals surface area contributed by atoms with Crippen LogP contribution in [0.15, 0.2) is 42.5 Å². The van der Waals surface area contributed by atoms with Crippen LogP contribution in [0.25, 0.3) is 10.8 Å². The fraction of sp³-hybridized carbons (Fsp3) is 0.621. The molecule has 1 heterocycles. The zero-order chi connectivity index (χ0) is 25.5. The highest BCUT2D eigenvalue weighted by Crippen LogP contribution is 2.66. The summed E-state index contributed by atoms with van der Waals surface area (Å²) in [6, 6.07) is 14.8. The molecule has 1 unspecified atom stereocenters. The fourth-order valence-electron chi connectivity index (χ4n) is 7.08. The van der Waals surface area contributed by atoms with E-state index in [4.69, 9.17) is 15.0 Å². The number of nitrogens with two attached hydrogens (primary N) is 1. The van der Waals surface area contributed by atoms with Crippen LogP contribution in [0.5, 0.6) is 0 Å². The minimum atomic E-state index is -0.331. The minimum Gasteiger partial charge on any atom is -1.00 e. The van der Waals surface area contributed by atoms with E-state index in [1.807, 2.05) is 0 Å². The number of benzene rings is 2. The molecule has 6 atom stereocenters. The molecular weight excluding hydrogens is 485 g/mol. The van der Waals surface area contributed by atoms with Crippen molar-refractivity contribution in [1.82, 2.24) is 5.32 Å². The van der Waals surface area contributed by atoms with E-state index in [2.05, 4.69) is 74.3 Å². The van der Waals surface area contributed by atoms with E-state index in [1.165, 1.54) is 22.8 Å². The van der Waals surface area contributed by atoms with Gasteiger partial charge in [-0.25, -0.2) is 0 Å². The van der Waals surface area contributed by atoms with Gasteiger partial charge >= 0.3 is 7.12 Å². The monoisotopic (exact) mass is 527 g/mol. The Morgan fingerprint density at radius 2 is 1.92 bits per heavy atom. The third-order valence-corrected chi connectivity index (χ3v) is 9.58. The summed E-state index contributed by atoms with van der Waals surface area (Å²) in [5, 5.41) is 5.65. The van der Waals surface area contributed by atoms with Crippen molar-refractivity contribution in [1.29, 1.82) is 0 Å². The first-order chi connectivity index (χ1) is 17.2. The Hall–Kier alpha value is -1.64. The molecule has 8 heteroatoms. The van der Waals surface area contributed by atoms with E-state index in [-0.39, 0.29) is 49.0 Å². The molecule has 2 bridgehead atoms. The Morgan fingerprint density at radius 1 is 1.16 bits per heavy atom. The lowest BCUT2D eigenvalue weighted by atomic mass is 9.43. The molecule has 3 aliphatic carbocycles. The Bertz CT molecular complexity index is 1100. The third kappa shape index (κ3) is 5.44. The Balaban J connectivity index is 0.00000320. The highest BCUT2D eigenvalue weighted by Gasteiger charge is 2.68. The van der Waals surface area contributed by atoms with Crippen LogP contribution in [0.3, 0.4) is 0 Å². The van der Waals surface area contributed by atoms with Crippen molar-refractivity contribution in [3.8, 4) is 0 Å². The molecule has 4 aliphatic rings. The maximum atomic E-state index is 12.9. The van der Waals surface area contributed by atoms with Gasteiger partial charge in [-0.1, -0.05) is 56.3 Å². The third-order valence-electron chi connectivity index (χ3n) is 9.58. The van der Waals surface area contributed by atoms with Crippen LogP contribution in [0.2, 0.25) is 5.82 Å². The van der Waals surface area contributed by atoms with Crippen LogP contribution in [0, 0.1) is 17.3 Å². The first-order valence-electron chi connectivity index (χ1n) is 13.8. The molecule has 3 saturated carbocycles. The summed E-state index contributed by atoms with van der Waals surface area (Å²) >= 11 is 0. The molecule has 202 valence electrons. The predicted molar refractivity (Wildman–Crippen MR) is 144 cm³/mol. The molecule has 6 N–H and O–H groups in total. The molecule has 6 rings (SSSR count). The molecule has 0 spiro atoms. The fourth-order valence-corrected chi connectivity index (χ4v) is 7.08. The molecule has 0 aromatic heterocycles. The molecule has 4 fully saturated rings. The van der Waals surface area contributed by atoms with Gasteiger partial charge in [0.2, 0.25) is 0 Å². The summed E-state index contributed by atoms with van der Waals surface area (Å²) in [4.78, 5) is 12.9.